The lowest BCUT2D eigenvalue weighted by atomic mass is 9.92. The molecule has 0 spiro atoms. The Hall–Kier alpha value is -2.81. The summed E-state index contributed by atoms with van der Waals surface area (Å²) in [7, 11) is 0. The van der Waals surface area contributed by atoms with Gasteiger partial charge in [0.05, 0.1) is 17.1 Å². The molecule has 0 aliphatic heterocycles. The maximum Gasteiger partial charge on any atom is 0.236 e. The highest BCUT2D eigenvalue weighted by Crippen LogP contribution is 2.26. The molecule has 0 radical (unpaired) electrons. The van der Waals surface area contributed by atoms with Crippen LogP contribution in [0.15, 0.2) is 41.6 Å². The minimum atomic E-state index is -0.168. The van der Waals surface area contributed by atoms with Gasteiger partial charge < -0.3 is 11.2 Å². The van der Waals surface area contributed by atoms with E-state index in [-0.39, 0.29) is 17.1 Å². The number of nitrogens with two attached hydrogens (primary N) is 1. The van der Waals surface area contributed by atoms with Gasteiger partial charge in [-0.1, -0.05) is 50.7 Å². The average molecular weight is 385 g/mol. The Kier molecular flexibility index (Phi) is 5.22. The van der Waals surface area contributed by atoms with Gasteiger partial charge in [0.2, 0.25) is 11.1 Å². The van der Waals surface area contributed by atoms with Gasteiger partial charge >= 0.3 is 0 Å². The van der Waals surface area contributed by atoms with Gasteiger partial charge in [0.1, 0.15) is 11.6 Å². The number of nitrogens with one attached hydrogen (secondary N) is 1. The van der Waals surface area contributed by atoms with E-state index >= 15 is 0 Å². The van der Waals surface area contributed by atoms with Crippen molar-refractivity contribution in [2.45, 2.75) is 38.3 Å². The molecule has 8 nitrogen and oxygen atoms in total. The van der Waals surface area contributed by atoms with Crippen LogP contribution in [0.25, 0.3) is 5.69 Å². The topological polar surface area (TPSA) is 104 Å². The molecule has 3 aromatic rings. The summed E-state index contributed by atoms with van der Waals surface area (Å²) in [6.45, 7) is 8.01. The van der Waals surface area contributed by atoms with Crippen molar-refractivity contribution in [2.75, 3.05) is 16.9 Å². The SMILES string of the molecule is Cc1nnc(SCC(=O)Nc2cc(C(C)(C)C)nn2-c2ccccc2)n1N. The van der Waals surface area contributed by atoms with Crippen LogP contribution in [-0.2, 0) is 10.2 Å². The normalized spacial score (nSPS) is 11.6. The van der Waals surface area contributed by atoms with Crippen LogP contribution in [-0.4, -0.2) is 36.3 Å². The summed E-state index contributed by atoms with van der Waals surface area (Å²) in [6, 6.07) is 11.6. The summed E-state index contributed by atoms with van der Waals surface area (Å²) in [5, 5.41) is 16.0. The van der Waals surface area contributed by atoms with E-state index in [0.29, 0.717) is 16.8 Å². The monoisotopic (exact) mass is 385 g/mol. The fourth-order valence-electron chi connectivity index (χ4n) is 2.36. The number of hydrogen-bond acceptors (Lipinski definition) is 6. The number of hydrogen-bond donors (Lipinski definition) is 2. The van der Waals surface area contributed by atoms with Crippen molar-refractivity contribution in [3.63, 3.8) is 0 Å². The summed E-state index contributed by atoms with van der Waals surface area (Å²) in [4.78, 5) is 12.5. The van der Waals surface area contributed by atoms with Crippen LogP contribution in [0.2, 0.25) is 0 Å². The fraction of sp³-hybridized carbons (Fsp3) is 0.333. The van der Waals surface area contributed by atoms with Crippen molar-refractivity contribution in [2.24, 2.45) is 0 Å². The quantitative estimate of drug-likeness (QED) is 0.517. The molecule has 0 saturated heterocycles. The lowest BCUT2D eigenvalue weighted by molar-refractivity contribution is -0.113. The predicted molar refractivity (Wildman–Crippen MR) is 107 cm³/mol. The highest BCUT2D eigenvalue weighted by atomic mass is 32.2. The van der Waals surface area contributed by atoms with Crippen LogP contribution in [0.1, 0.15) is 32.3 Å². The van der Waals surface area contributed by atoms with Crippen molar-refractivity contribution >= 4 is 23.5 Å². The third-order valence-corrected chi connectivity index (χ3v) is 4.86. The van der Waals surface area contributed by atoms with Crippen LogP contribution in [0.3, 0.4) is 0 Å². The zero-order valence-corrected chi connectivity index (χ0v) is 16.6. The summed E-state index contributed by atoms with van der Waals surface area (Å²) >= 11 is 1.23. The van der Waals surface area contributed by atoms with E-state index in [2.05, 4.69) is 41.4 Å². The number of aromatic nitrogens is 5. The highest BCUT2D eigenvalue weighted by Gasteiger charge is 2.21. The van der Waals surface area contributed by atoms with Crippen molar-refractivity contribution in [1.29, 1.82) is 0 Å². The molecule has 27 heavy (non-hydrogen) atoms. The summed E-state index contributed by atoms with van der Waals surface area (Å²) in [6.07, 6.45) is 0. The highest BCUT2D eigenvalue weighted by molar-refractivity contribution is 7.99. The first-order valence-corrected chi connectivity index (χ1v) is 9.50. The van der Waals surface area contributed by atoms with Gasteiger partial charge in [-0.05, 0) is 19.1 Å². The first kappa shape index (κ1) is 19.0. The molecule has 1 amide bonds. The van der Waals surface area contributed by atoms with Crippen LogP contribution in [0.4, 0.5) is 5.82 Å². The van der Waals surface area contributed by atoms with E-state index < -0.39 is 0 Å². The molecule has 3 rings (SSSR count). The van der Waals surface area contributed by atoms with Crippen molar-refractivity contribution in [1.82, 2.24) is 24.7 Å². The maximum atomic E-state index is 12.5. The van der Waals surface area contributed by atoms with E-state index in [1.807, 2.05) is 36.4 Å². The van der Waals surface area contributed by atoms with Crippen molar-refractivity contribution < 1.29 is 4.79 Å². The second-order valence-electron chi connectivity index (χ2n) is 7.15. The molecule has 2 aromatic heterocycles. The zero-order chi connectivity index (χ0) is 19.6. The van der Waals surface area contributed by atoms with E-state index in [1.165, 1.54) is 16.4 Å². The molecule has 0 saturated carbocycles. The van der Waals surface area contributed by atoms with Gasteiger partial charge in [-0.2, -0.15) is 5.10 Å². The zero-order valence-electron chi connectivity index (χ0n) is 15.8. The first-order chi connectivity index (χ1) is 12.8. The van der Waals surface area contributed by atoms with Crippen LogP contribution in [0, 0.1) is 6.92 Å². The third kappa shape index (κ3) is 4.30. The Morgan fingerprint density at radius 2 is 1.93 bits per heavy atom. The fourth-order valence-corrected chi connectivity index (χ4v) is 3.06. The average Bonchev–Trinajstić information content (AvgIpc) is 3.18. The van der Waals surface area contributed by atoms with Gasteiger partial charge in [0.25, 0.3) is 0 Å². The molecule has 0 aliphatic rings. The number of nitrogens with zero attached hydrogens (tertiary/aromatic N) is 5. The van der Waals surface area contributed by atoms with Gasteiger partial charge in [0.15, 0.2) is 0 Å². The Labute approximate surface area is 162 Å². The second-order valence-corrected chi connectivity index (χ2v) is 8.09. The Morgan fingerprint density at radius 3 is 2.52 bits per heavy atom. The molecule has 0 unspecified atom stereocenters. The number of carbonyl (C=O) groups is 1. The maximum absolute atomic E-state index is 12.5. The molecule has 9 heteroatoms. The molecule has 0 atom stereocenters. The molecule has 0 fully saturated rings. The van der Waals surface area contributed by atoms with Gasteiger partial charge in [-0.3, -0.25) is 4.79 Å². The van der Waals surface area contributed by atoms with E-state index in [0.717, 1.165) is 11.4 Å². The van der Waals surface area contributed by atoms with Gasteiger partial charge in [-0.25, -0.2) is 9.36 Å². The second kappa shape index (κ2) is 7.43. The summed E-state index contributed by atoms with van der Waals surface area (Å²) in [5.41, 5.74) is 1.64. The van der Waals surface area contributed by atoms with Crippen LogP contribution >= 0.6 is 11.8 Å². The summed E-state index contributed by atoms with van der Waals surface area (Å²) in [5.74, 6) is 7.04. The van der Waals surface area contributed by atoms with E-state index in [9.17, 15) is 4.79 Å². The molecule has 142 valence electrons. The Bertz CT molecular complexity index is 941. The third-order valence-electron chi connectivity index (χ3n) is 3.91. The Morgan fingerprint density at radius 1 is 1.22 bits per heavy atom. The number of aryl methyl sites for hydroxylation is 1. The molecule has 0 aliphatic carbocycles. The number of carbonyl (C=O) groups excluding carboxylic acids is 1. The molecular weight excluding hydrogens is 362 g/mol. The number of anilines is 1. The number of nitrogen functional groups attached to an aromatic ring is 1. The molecule has 0 bridgehead atoms. The Balaban J connectivity index is 1.79. The van der Waals surface area contributed by atoms with Crippen LogP contribution in [0.5, 0.6) is 0 Å². The number of thioether (sulfide) groups is 1. The molecule has 3 N–H and O–H groups in total. The minimum Gasteiger partial charge on any atom is -0.336 e. The molecule has 2 heterocycles. The van der Waals surface area contributed by atoms with E-state index in [4.69, 9.17) is 5.84 Å². The standard InChI is InChI=1S/C18H23N7OS/c1-12-21-22-17(24(12)19)27-11-16(26)20-15-10-14(18(2,3)4)23-25(15)13-8-6-5-7-9-13/h5-10H,11,19H2,1-4H3,(H,20,26). The first-order valence-electron chi connectivity index (χ1n) is 8.51. The lowest BCUT2D eigenvalue weighted by Crippen LogP contribution is -2.18. The van der Waals surface area contributed by atoms with Crippen molar-refractivity contribution in [3.8, 4) is 5.69 Å². The van der Waals surface area contributed by atoms with Gasteiger partial charge in [-0.15, -0.1) is 10.2 Å². The number of benzene rings is 1. The number of rotatable bonds is 5. The molecular formula is C18H23N7OS. The van der Waals surface area contributed by atoms with Gasteiger partial charge in [0, 0.05) is 11.5 Å². The minimum absolute atomic E-state index is 0.137. The largest absolute Gasteiger partial charge is 0.336 e. The van der Waals surface area contributed by atoms with Crippen LogP contribution < -0.4 is 11.2 Å². The lowest BCUT2D eigenvalue weighted by Gasteiger charge is -2.14. The summed E-state index contributed by atoms with van der Waals surface area (Å²) < 4.78 is 3.11. The van der Waals surface area contributed by atoms with E-state index in [1.54, 1.807) is 11.6 Å². The van der Waals surface area contributed by atoms with Crippen molar-refractivity contribution in [3.05, 3.63) is 47.9 Å². The predicted octanol–water partition coefficient (Wildman–Crippen LogP) is 2.51. The number of amides is 1. The number of para-hydroxylation sites is 1. The molecule has 1 aromatic carbocycles. The smallest absolute Gasteiger partial charge is 0.236 e.